The molecule has 1 aliphatic heterocycles. The second kappa shape index (κ2) is 9.67. The van der Waals surface area contributed by atoms with Crippen molar-refractivity contribution in [2.75, 3.05) is 11.9 Å². The van der Waals surface area contributed by atoms with Gasteiger partial charge >= 0.3 is 0 Å². The number of nitrogens with zero attached hydrogens (tertiary/aromatic N) is 3. The van der Waals surface area contributed by atoms with Crippen molar-refractivity contribution in [3.63, 3.8) is 0 Å². The molecule has 9 nitrogen and oxygen atoms in total. The maximum atomic E-state index is 13.1. The standard InChI is InChI=1S/C21H22N4O5S3/c1-2-15-5-3-4-10-24(15)33(29,30)17-8-6-14(7-9-17)20(26)23-21-22-18(13-32-21)19-11-16(12-31-19)25(27)28/h6-9,11-13,15H,2-5,10H2,1H3,(H,22,23,26). The molecule has 0 radical (unpaired) electrons. The smallest absolute Gasteiger partial charge is 0.280 e. The van der Waals surface area contributed by atoms with E-state index in [4.69, 9.17) is 0 Å². The molecule has 2 aromatic heterocycles. The third kappa shape index (κ3) is 4.98. The van der Waals surface area contributed by atoms with Crippen LogP contribution in [0.5, 0.6) is 0 Å². The Kier molecular flexibility index (Phi) is 6.88. The molecule has 33 heavy (non-hydrogen) atoms. The van der Waals surface area contributed by atoms with E-state index in [2.05, 4.69) is 10.3 Å². The van der Waals surface area contributed by atoms with Gasteiger partial charge in [-0.05, 0) is 43.5 Å². The molecule has 0 aliphatic carbocycles. The number of hydrogen-bond donors (Lipinski definition) is 1. The Balaban J connectivity index is 1.45. The molecular formula is C21H22N4O5S3. The summed E-state index contributed by atoms with van der Waals surface area (Å²) in [6, 6.07) is 7.35. The van der Waals surface area contributed by atoms with Gasteiger partial charge in [0.15, 0.2) is 5.13 Å². The molecule has 0 saturated carbocycles. The summed E-state index contributed by atoms with van der Waals surface area (Å²) in [6.45, 7) is 2.51. The van der Waals surface area contributed by atoms with Crippen molar-refractivity contribution in [1.82, 2.24) is 9.29 Å². The van der Waals surface area contributed by atoms with Crippen LogP contribution >= 0.6 is 22.7 Å². The third-order valence-corrected chi connectivity index (χ3v) is 9.21. The van der Waals surface area contributed by atoms with Crippen molar-refractivity contribution in [3.8, 4) is 10.6 Å². The zero-order valence-corrected chi connectivity index (χ0v) is 20.2. The lowest BCUT2D eigenvalue weighted by Crippen LogP contribution is -2.43. The first kappa shape index (κ1) is 23.5. The van der Waals surface area contributed by atoms with E-state index in [-0.39, 0.29) is 16.6 Å². The molecule has 1 amide bonds. The van der Waals surface area contributed by atoms with Crippen LogP contribution in [-0.4, -0.2) is 41.1 Å². The van der Waals surface area contributed by atoms with Crippen LogP contribution in [0, 0.1) is 10.1 Å². The highest BCUT2D eigenvalue weighted by molar-refractivity contribution is 7.89. The van der Waals surface area contributed by atoms with E-state index in [1.807, 2.05) is 6.92 Å². The van der Waals surface area contributed by atoms with Gasteiger partial charge in [0.2, 0.25) is 10.0 Å². The van der Waals surface area contributed by atoms with Gasteiger partial charge in [0.25, 0.3) is 11.6 Å². The SMILES string of the molecule is CCC1CCCCN1S(=O)(=O)c1ccc(C(=O)Nc2nc(-c3cc([N+](=O)[O-])cs3)cs2)cc1. The number of benzene rings is 1. The number of sulfonamides is 1. The normalized spacial score (nSPS) is 17.1. The molecule has 1 fully saturated rings. The van der Waals surface area contributed by atoms with Crippen LogP contribution in [0.25, 0.3) is 10.6 Å². The first-order chi connectivity index (χ1) is 15.8. The minimum Gasteiger partial charge on any atom is -0.298 e. The molecule has 0 bridgehead atoms. The summed E-state index contributed by atoms with van der Waals surface area (Å²) < 4.78 is 27.8. The van der Waals surface area contributed by atoms with Crippen molar-refractivity contribution in [2.24, 2.45) is 0 Å². The number of rotatable bonds is 7. The topological polar surface area (TPSA) is 123 Å². The predicted octanol–water partition coefficient (Wildman–Crippen LogP) is 4.99. The van der Waals surface area contributed by atoms with E-state index in [1.165, 1.54) is 58.4 Å². The molecule has 3 aromatic rings. The average molecular weight is 507 g/mol. The minimum atomic E-state index is -3.61. The van der Waals surface area contributed by atoms with E-state index >= 15 is 0 Å². The second-order valence-electron chi connectivity index (χ2n) is 7.62. The van der Waals surface area contributed by atoms with Crippen LogP contribution in [0.2, 0.25) is 0 Å². The van der Waals surface area contributed by atoms with Crippen molar-refractivity contribution in [2.45, 2.75) is 43.5 Å². The summed E-state index contributed by atoms with van der Waals surface area (Å²) >= 11 is 2.41. The summed E-state index contributed by atoms with van der Waals surface area (Å²) in [5.74, 6) is -0.415. The Hall–Kier alpha value is -2.67. The quantitative estimate of drug-likeness (QED) is 0.356. The number of anilines is 1. The Morgan fingerprint density at radius 1 is 1.24 bits per heavy atom. The molecule has 1 aromatic carbocycles. The zero-order chi connectivity index (χ0) is 23.6. The lowest BCUT2D eigenvalue weighted by atomic mass is 10.0. The third-order valence-electron chi connectivity index (χ3n) is 5.54. The monoisotopic (exact) mass is 506 g/mol. The number of aromatic nitrogens is 1. The summed E-state index contributed by atoms with van der Waals surface area (Å²) in [4.78, 5) is 28.2. The molecule has 3 heterocycles. The van der Waals surface area contributed by atoms with Gasteiger partial charge < -0.3 is 0 Å². The Morgan fingerprint density at radius 3 is 2.67 bits per heavy atom. The van der Waals surface area contributed by atoms with Gasteiger partial charge in [0, 0.05) is 29.6 Å². The number of carbonyl (C=O) groups excluding carboxylic acids is 1. The highest BCUT2D eigenvalue weighted by Gasteiger charge is 2.32. The van der Waals surface area contributed by atoms with E-state index in [0.717, 1.165) is 25.7 Å². The summed E-state index contributed by atoms with van der Waals surface area (Å²) in [6.07, 6.45) is 3.52. The molecule has 12 heteroatoms. The zero-order valence-electron chi connectivity index (χ0n) is 17.8. The van der Waals surface area contributed by atoms with Crippen LogP contribution in [0.4, 0.5) is 10.8 Å². The van der Waals surface area contributed by atoms with Crippen LogP contribution in [0.3, 0.4) is 0 Å². The molecule has 4 rings (SSSR count). The molecule has 1 unspecified atom stereocenters. The van der Waals surface area contributed by atoms with E-state index in [1.54, 1.807) is 9.69 Å². The number of thiazole rings is 1. The van der Waals surface area contributed by atoms with Crippen LogP contribution in [0.15, 0.2) is 46.0 Å². The first-order valence-electron chi connectivity index (χ1n) is 10.4. The molecule has 1 aliphatic rings. The largest absolute Gasteiger partial charge is 0.298 e. The van der Waals surface area contributed by atoms with Crippen molar-refractivity contribution in [1.29, 1.82) is 0 Å². The van der Waals surface area contributed by atoms with Gasteiger partial charge in [-0.1, -0.05) is 13.3 Å². The highest BCUT2D eigenvalue weighted by Crippen LogP contribution is 2.33. The molecular weight excluding hydrogens is 484 g/mol. The molecule has 1 saturated heterocycles. The molecule has 174 valence electrons. The van der Waals surface area contributed by atoms with Gasteiger partial charge in [0.1, 0.15) is 0 Å². The molecule has 0 spiro atoms. The lowest BCUT2D eigenvalue weighted by Gasteiger charge is -2.34. The number of hydrogen-bond acceptors (Lipinski definition) is 8. The maximum absolute atomic E-state index is 13.1. The van der Waals surface area contributed by atoms with Gasteiger partial charge in [0.05, 0.1) is 25.8 Å². The van der Waals surface area contributed by atoms with E-state index < -0.39 is 20.9 Å². The minimum absolute atomic E-state index is 0.00145. The van der Waals surface area contributed by atoms with Gasteiger partial charge in [-0.2, -0.15) is 4.31 Å². The van der Waals surface area contributed by atoms with Crippen molar-refractivity contribution in [3.05, 3.63) is 56.8 Å². The van der Waals surface area contributed by atoms with Gasteiger partial charge in [-0.3, -0.25) is 20.2 Å². The number of thiophene rings is 1. The molecule has 1 atom stereocenters. The Bertz CT molecular complexity index is 1270. The van der Waals surface area contributed by atoms with Crippen LogP contribution < -0.4 is 5.32 Å². The predicted molar refractivity (Wildman–Crippen MR) is 128 cm³/mol. The van der Waals surface area contributed by atoms with Gasteiger partial charge in [-0.15, -0.1) is 22.7 Å². The number of piperidine rings is 1. The van der Waals surface area contributed by atoms with Crippen molar-refractivity contribution < 1.29 is 18.1 Å². The summed E-state index contributed by atoms with van der Waals surface area (Å²) in [7, 11) is -3.61. The number of nitro groups is 1. The molecule has 1 N–H and O–H groups in total. The highest BCUT2D eigenvalue weighted by atomic mass is 32.2. The fourth-order valence-corrected chi connectivity index (χ4v) is 7.15. The summed E-state index contributed by atoms with van der Waals surface area (Å²) in [5.41, 5.74) is 0.850. The number of amides is 1. The first-order valence-corrected chi connectivity index (χ1v) is 13.6. The fourth-order valence-electron chi connectivity index (χ4n) is 3.78. The van der Waals surface area contributed by atoms with Crippen molar-refractivity contribution >= 4 is 49.4 Å². The Labute approximate surface area is 199 Å². The summed E-state index contributed by atoms with van der Waals surface area (Å²) in [5, 5.41) is 17.1. The lowest BCUT2D eigenvalue weighted by molar-refractivity contribution is -0.384. The van der Waals surface area contributed by atoms with Gasteiger partial charge in [-0.25, -0.2) is 13.4 Å². The van der Waals surface area contributed by atoms with Crippen LogP contribution in [-0.2, 0) is 10.0 Å². The van der Waals surface area contributed by atoms with E-state index in [9.17, 15) is 23.3 Å². The number of carbonyl (C=O) groups is 1. The maximum Gasteiger partial charge on any atom is 0.280 e. The van der Waals surface area contributed by atoms with Crippen LogP contribution in [0.1, 0.15) is 43.0 Å². The van der Waals surface area contributed by atoms with E-state index in [0.29, 0.717) is 27.8 Å². The number of nitrogens with one attached hydrogen (secondary N) is 1. The fraction of sp³-hybridized carbons (Fsp3) is 0.333. The second-order valence-corrected chi connectivity index (χ2v) is 11.3. The Morgan fingerprint density at radius 2 is 2.00 bits per heavy atom. The average Bonchev–Trinajstić information content (AvgIpc) is 3.49.